The summed E-state index contributed by atoms with van der Waals surface area (Å²) in [5.74, 6) is -0.114. The van der Waals surface area contributed by atoms with Gasteiger partial charge in [-0.1, -0.05) is 42.0 Å². The van der Waals surface area contributed by atoms with Gasteiger partial charge in [-0.25, -0.2) is 0 Å². The number of amides is 1. The number of nitrogens with one attached hydrogen (secondary N) is 2. The third-order valence-electron chi connectivity index (χ3n) is 4.33. The van der Waals surface area contributed by atoms with Crippen LogP contribution in [0.1, 0.15) is 36.1 Å². The van der Waals surface area contributed by atoms with Gasteiger partial charge < -0.3 is 10.6 Å². The lowest BCUT2D eigenvalue weighted by Crippen LogP contribution is -2.44. The number of hydrogen-bond donors (Lipinski definition) is 2. The Morgan fingerprint density at radius 1 is 1.17 bits per heavy atom. The van der Waals surface area contributed by atoms with Crippen molar-refractivity contribution < 1.29 is 4.79 Å². The fourth-order valence-corrected chi connectivity index (χ4v) is 3.26. The van der Waals surface area contributed by atoms with Crippen molar-refractivity contribution in [3.63, 3.8) is 0 Å². The maximum absolute atomic E-state index is 12.5. The molecule has 0 radical (unpaired) electrons. The summed E-state index contributed by atoms with van der Waals surface area (Å²) in [6.45, 7) is 8.36. The van der Waals surface area contributed by atoms with Crippen LogP contribution < -0.4 is 10.6 Å². The first kappa shape index (κ1) is 16.3. The molecule has 0 unspecified atom stereocenters. The third-order valence-corrected chi connectivity index (χ3v) is 4.33. The summed E-state index contributed by atoms with van der Waals surface area (Å²) in [5, 5.41) is 6.48. The van der Waals surface area contributed by atoms with E-state index >= 15 is 0 Å². The zero-order valence-corrected chi connectivity index (χ0v) is 14.7. The molecular weight excluding hydrogens is 296 g/mol. The predicted molar refractivity (Wildman–Crippen MR) is 99.9 cm³/mol. The smallest absolute Gasteiger partial charge is 0.250 e. The molecule has 3 rings (SSSR count). The molecule has 0 aromatic heterocycles. The Labute approximate surface area is 143 Å². The van der Waals surface area contributed by atoms with Crippen LogP contribution in [0.25, 0.3) is 5.70 Å². The average Bonchev–Trinajstić information content (AvgIpc) is 2.49. The van der Waals surface area contributed by atoms with Crippen molar-refractivity contribution in [1.82, 2.24) is 5.32 Å². The fourth-order valence-electron chi connectivity index (χ4n) is 3.26. The third kappa shape index (κ3) is 3.51. The SMILES string of the molecule is Cc1ccc(NC(=O)C=C2NC(C)(C)Cc3ccccc32)c(C)c1. The van der Waals surface area contributed by atoms with Crippen LogP contribution >= 0.6 is 0 Å². The first-order valence-corrected chi connectivity index (χ1v) is 8.30. The van der Waals surface area contributed by atoms with E-state index in [2.05, 4.69) is 42.7 Å². The van der Waals surface area contributed by atoms with E-state index in [1.807, 2.05) is 38.1 Å². The number of carbonyl (C=O) groups is 1. The molecule has 1 amide bonds. The van der Waals surface area contributed by atoms with Crippen LogP contribution in [-0.2, 0) is 11.2 Å². The Balaban J connectivity index is 1.88. The maximum Gasteiger partial charge on any atom is 0.250 e. The lowest BCUT2D eigenvalue weighted by Gasteiger charge is -2.35. The minimum Gasteiger partial charge on any atom is -0.379 e. The molecule has 2 N–H and O–H groups in total. The summed E-state index contributed by atoms with van der Waals surface area (Å²) in [7, 11) is 0. The molecule has 124 valence electrons. The molecule has 0 fully saturated rings. The van der Waals surface area contributed by atoms with Crippen molar-refractivity contribution in [2.24, 2.45) is 0 Å². The van der Waals surface area contributed by atoms with Gasteiger partial charge in [-0.3, -0.25) is 4.79 Å². The summed E-state index contributed by atoms with van der Waals surface area (Å²) in [6.07, 6.45) is 2.61. The van der Waals surface area contributed by atoms with Crippen molar-refractivity contribution in [1.29, 1.82) is 0 Å². The molecular formula is C21H24N2O. The maximum atomic E-state index is 12.5. The van der Waals surface area contributed by atoms with Crippen molar-refractivity contribution in [2.75, 3.05) is 5.32 Å². The van der Waals surface area contributed by atoms with E-state index in [0.717, 1.165) is 28.9 Å². The number of hydrogen-bond acceptors (Lipinski definition) is 2. The fraction of sp³-hybridized carbons (Fsp3) is 0.286. The Morgan fingerprint density at radius 3 is 2.67 bits per heavy atom. The van der Waals surface area contributed by atoms with Crippen LogP contribution in [0.4, 0.5) is 5.69 Å². The second kappa shape index (κ2) is 6.16. The van der Waals surface area contributed by atoms with E-state index < -0.39 is 0 Å². The second-order valence-electron chi connectivity index (χ2n) is 7.21. The molecule has 2 aromatic rings. The van der Waals surface area contributed by atoms with E-state index in [4.69, 9.17) is 0 Å². The molecule has 24 heavy (non-hydrogen) atoms. The van der Waals surface area contributed by atoms with Gasteiger partial charge in [-0.05, 0) is 51.3 Å². The summed E-state index contributed by atoms with van der Waals surface area (Å²) >= 11 is 0. The van der Waals surface area contributed by atoms with Crippen LogP contribution in [0.5, 0.6) is 0 Å². The van der Waals surface area contributed by atoms with Gasteiger partial charge in [0, 0.05) is 28.6 Å². The van der Waals surface area contributed by atoms with Crippen LogP contribution in [0.3, 0.4) is 0 Å². The Bertz CT molecular complexity index is 818. The van der Waals surface area contributed by atoms with E-state index in [1.54, 1.807) is 6.08 Å². The highest BCUT2D eigenvalue weighted by atomic mass is 16.1. The number of fused-ring (bicyclic) bond motifs is 1. The minimum absolute atomic E-state index is 0.0692. The molecule has 0 spiro atoms. The molecule has 0 bridgehead atoms. The highest BCUT2D eigenvalue weighted by molar-refractivity contribution is 6.04. The summed E-state index contributed by atoms with van der Waals surface area (Å²) < 4.78 is 0. The topological polar surface area (TPSA) is 41.1 Å². The Kier molecular flexibility index (Phi) is 4.18. The molecule has 0 atom stereocenters. The number of anilines is 1. The highest BCUT2D eigenvalue weighted by Crippen LogP contribution is 2.29. The molecule has 0 aliphatic carbocycles. The summed E-state index contributed by atoms with van der Waals surface area (Å²) in [6, 6.07) is 14.3. The molecule has 2 aromatic carbocycles. The van der Waals surface area contributed by atoms with Gasteiger partial charge in [0.2, 0.25) is 5.91 Å². The van der Waals surface area contributed by atoms with Gasteiger partial charge in [0.25, 0.3) is 0 Å². The molecule has 3 nitrogen and oxygen atoms in total. The molecule has 1 heterocycles. The van der Waals surface area contributed by atoms with E-state index in [0.29, 0.717) is 0 Å². The van der Waals surface area contributed by atoms with Crippen LogP contribution in [0.2, 0.25) is 0 Å². The van der Waals surface area contributed by atoms with Gasteiger partial charge >= 0.3 is 0 Å². The van der Waals surface area contributed by atoms with Gasteiger partial charge in [0.05, 0.1) is 0 Å². The normalized spacial score (nSPS) is 17.1. The lowest BCUT2D eigenvalue weighted by atomic mass is 9.86. The average molecular weight is 320 g/mol. The van der Waals surface area contributed by atoms with Crippen LogP contribution in [0.15, 0.2) is 48.5 Å². The zero-order valence-electron chi connectivity index (χ0n) is 14.7. The highest BCUT2D eigenvalue weighted by Gasteiger charge is 2.27. The monoisotopic (exact) mass is 320 g/mol. The van der Waals surface area contributed by atoms with Gasteiger partial charge in [0.1, 0.15) is 0 Å². The summed E-state index contributed by atoms with van der Waals surface area (Å²) in [4.78, 5) is 12.5. The minimum atomic E-state index is -0.114. The molecule has 1 aliphatic heterocycles. The van der Waals surface area contributed by atoms with Gasteiger partial charge in [0.15, 0.2) is 0 Å². The first-order chi connectivity index (χ1) is 11.3. The molecule has 1 aliphatic rings. The Hall–Kier alpha value is -2.55. The van der Waals surface area contributed by atoms with Crippen LogP contribution in [-0.4, -0.2) is 11.4 Å². The number of rotatable bonds is 2. The van der Waals surface area contributed by atoms with Crippen molar-refractivity contribution >= 4 is 17.3 Å². The number of benzene rings is 2. The number of carbonyl (C=O) groups excluding carboxylic acids is 1. The molecule has 0 saturated carbocycles. The lowest BCUT2D eigenvalue weighted by molar-refractivity contribution is -0.111. The quantitative estimate of drug-likeness (QED) is 0.814. The molecule has 0 saturated heterocycles. The van der Waals surface area contributed by atoms with Crippen LogP contribution in [0, 0.1) is 13.8 Å². The zero-order chi connectivity index (χ0) is 17.3. The van der Waals surface area contributed by atoms with Gasteiger partial charge in [-0.2, -0.15) is 0 Å². The summed E-state index contributed by atoms with van der Waals surface area (Å²) in [5.41, 5.74) is 6.29. The van der Waals surface area contributed by atoms with E-state index in [1.165, 1.54) is 11.1 Å². The molecule has 3 heteroatoms. The largest absolute Gasteiger partial charge is 0.379 e. The first-order valence-electron chi connectivity index (χ1n) is 8.30. The van der Waals surface area contributed by atoms with Crippen molar-refractivity contribution in [3.8, 4) is 0 Å². The predicted octanol–water partition coefficient (Wildman–Crippen LogP) is 4.21. The van der Waals surface area contributed by atoms with Crippen molar-refractivity contribution in [3.05, 3.63) is 70.8 Å². The Morgan fingerprint density at radius 2 is 1.92 bits per heavy atom. The number of aryl methyl sites for hydroxylation is 2. The van der Waals surface area contributed by atoms with E-state index in [9.17, 15) is 4.79 Å². The van der Waals surface area contributed by atoms with Crippen molar-refractivity contribution in [2.45, 2.75) is 39.7 Å². The van der Waals surface area contributed by atoms with E-state index in [-0.39, 0.29) is 11.4 Å². The van der Waals surface area contributed by atoms with Gasteiger partial charge in [-0.15, -0.1) is 0 Å². The second-order valence-corrected chi connectivity index (χ2v) is 7.21. The standard InChI is InChI=1S/C21H24N2O/c1-14-9-10-18(15(2)11-14)22-20(24)12-19-17-8-6-5-7-16(17)13-21(3,4)23-19/h5-12,23H,13H2,1-4H3,(H,22,24).